The van der Waals surface area contributed by atoms with Crippen LogP contribution < -0.4 is 14.8 Å². The third-order valence-electron chi connectivity index (χ3n) is 5.53. The van der Waals surface area contributed by atoms with E-state index in [1.807, 2.05) is 78.9 Å². The molecule has 35 heavy (non-hydrogen) atoms. The van der Waals surface area contributed by atoms with Gasteiger partial charge in [0.25, 0.3) is 0 Å². The number of nitrogens with zero attached hydrogens (tertiary/aromatic N) is 2. The van der Waals surface area contributed by atoms with Gasteiger partial charge in [-0.25, -0.2) is 4.99 Å². The van der Waals surface area contributed by atoms with E-state index >= 15 is 0 Å². The maximum absolute atomic E-state index is 13.2. The number of carbonyl (C=O) groups is 2. The molecule has 1 saturated heterocycles. The summed E-state index contributed by atoms with van der Waals surface area (Å²) in [5, 5.41) is 2.85. The van der Waals surface area contributed by atoms with Crippen molar-refractivity contribution < 1.29 is 19.1 Å². The zero-order chi connectivity index (χ0) is 24.6. The maximum atomic E-state index is 13.2. The van der Waals surface area contributed by atoms with Gasteiger partial charge in [0.1, 0.15) is 5.25 Å². The van der Waals surface area contributed by atoms with Crippen molar-refractivity contribution in [3.8, 4) is 11.5 Å². The Labute approximate surface area is 209 Å². The average molecular weight is 490 g/mol. The van der Waals surface area contributed by atoms with E-state index in [9.17, 15) is 9.59 Å². The first kappa shape index (κ1) is 24.3. The lowest BCUT2D eigenvalue weighted by atomic mass is 10.1. The zero-order valence-corrected chi connectivity index (χ0v) is 20.5. The highest BCUT2D eigenvalue weighted by Gasteiger charge is 2.35. The number of hydrogen-bond donors (Lipinski definition) is 1. The van der Waals surface area contributed by atoms with Gasteiger partial charge in [0.15, 0.2) is 16.7 Å². The molecule has 180 valence electrons. The van der Waals surface area contributed by atoms with E-state index in [1.54, 1.807) is 19.1 Å². The summed E-state index contributed by atoms with van der Waals surface area (Å²) in [5.74, 6) is 0.946. The molecule has 3 aromatic carbocycles. The Morgan fingerprint density at radius 2 is 1.69 bits per heavy atom. The fourth-order valence-electron chi connectivity index (χ4n) is 3.70. The molecule has 1 fully saturated rings. The van der Waals surface area contributed by atoms with Crippen LogP contribution in [0.25, 0.3) is 0 Å². The van der Waals surface area contributed by atoms with Crippen LogP contribution in [-0.2, 0) is 16.0 Å². The van der Waals surface area contributed by atoms with E-state index in [2.05, 4.69) is 5.32 Å². The van der Waals surface area contributed by atoms with Gasteiger partial charge in [-0.3, -0.25) is 14.5 Å². The van der Waals surface area contributed by atoms with Gasteiger partial charge >= 0.3 is 0 Å². The number of amidine groups is 1. The number of nitrogens with one attached hydrogen (secondary N) is 1. The molecule has 0 bridgehead atoms. The Morgan fingerprint density at radius 1 is 1.00 bits per heavy atom. The average Bonchev–Trinajstić information content (AvgIpc) is 2.89. The van der Waals surface area contributed by atoms with E-state index in [0.29, 0.717) is 35.3 Å². The molecule has 1 aliphatic rings. The number of hydrogen-bond acceptors (Lipinski definition) is 6. The number of aliphatic imine (C=N–C) groups is 1. The van der Waals surface area contributed by atoms with E-state index < -0.39 is 5.25 Å². The quantitative estimate of drug-likeness (QED) is 0.487. The highest BCUT2D eigenvalue weighted by atomic mass is 32.2. The van der Waals surface area contributed by atoms with Crippen molar-refractivity contribution in [1.29, 1.82) is 0 Å². The van der Waals surface area contributed by atoms with Crippen LogP contribution >= 0.6 is 11.8 Å². The Hall–Kier alpha value is -3.78. The normalized spacial score (nSPS) is 16.7. The molecule has 0 radical (unpaired) electrons. The molecule has 0 spiro atoms. The number of ether oxygens (including phenoxy) is 2. The smallest absolute Gasteiger partial charge is 0.238 e. The van der Waals surface area contributed by atoms with Gasteiger partial charge < -0.3 is 14.8 Å². The minimum atomic E-state index is -0.567. The van der Waals surface area contributed by atoms with Crippen molar-refractivity contribution in [2.24, 2.45) is 4.99 Å². The molecule has 1 atom stereocenters. The summed E-state index contributed by atoms with van der Waals surface area (Å²) in [4.78, 5) is 32.5. The monoisotopic (exact) mass is 489 g/mol. The highest BCUT2D eigenvalue weighted by Crippen LogP contribution is 2.31. The summed E-state index contributed by atoms with van der Waals surface area (Å²) in [5.41, 5.74) is 2.43. The van der Waals surface area contributed by atoms with Crippen LogP contribution in [0.1, 0.15) is 12.0 Å². The first-order valence-corrected chi connectivity index (χ1v) is 12.1. The number of rotatable bonds is 8. The fraction of sp³-hybridized carbons (Fsp3) is 0.222. The summed E-state index contributed by atoms with van der Waals surface area (Å²) in [6.07, 6.45) is 0.699. The predicted molar refractivity (Wildman–Crippen MR) is 140 cm³/mol. The fourth-order valence-corrected chi connectivity index (χ4v) is 4.82. The van der Waals surface area contributed by atoms with Crippen LogP contribution in [0.4, 0.5) is 11.4 Å². The van der Waals surface area contributed by atoms with Crippen molar-refractivity contribution in [3.05, 3.63) is 84.4 Å². The molecule has 0 aromatic heterocycles. The lowest BCUT2D eigenvalue weighted by molar-refractivity contribution is -0.129. The SMILES string of the molecule is COc1ccc(CCN2C(=O)C[C@@H](C(=O)Nc3ccccc3)SC2=Nc2ccccc2)cc1OC. The summed E-state index contributed by atoms with van der Waals surface area (Å²) < 4.78 is 10.7. The summed E-state index contributed by atoms with van der Waals surface area (Å²) in [7, 11) is 3.19. The van der Waals surface area contributed by atoms with Crippen LogP contribution in [0.5, 0.6) is 11.5 Å². The highest BCUT2D eigenvalue weighted by molar-refractivity contribution is 8.15. The second kappa shape index (κ2) is 11.6. The zero-order valence-electron chi connectivity index (χ0n) is 19.6. The first-order valence-electron chi connectivity index (χ1n) is 11.2. The summed E-state index contributed by atoms with van der Waals surface area (Å²) in [6.45, 7) is 0.431. The molecule has 1 heterocycles. The molecule has 4 rings (SSSR count). The Morgan fingerprint density at radius 3 is 2.37 bits per heavy atom. The third-order valence-corrected chi connectivity index (χ3v) is 6.71. The van der Waals surface area contributed by atoms with Crippen molar-refractivity contribution in [2.75, 3.05) is 26.1 Å². The lowest BCUT2D eigenvalue weighted by Crippen LogP contribution is -2.46. The summed E-state index contributed by atoms with van der Waals surface area (Å²) >= 11 is 1.31. The summed E-state index contributed by atoms with van der Waals surface area (Å²) in [6, 6.07) is 24.4. The number of para-hydroxylation sites is 2. The van der Waals surface area contributed by atoms with Crippen molar-refractivity contribution in [3.63, 3.8) is 0 Å². The van der Waals surface area contributed by atoms with Crippen molar-refractivity contribution >= 4 is 40.1 Å². The van der Waals surface area contributed by atoms with E-state index in [4.69, 9.17) is 14.5 Å². The maximum Gasteiger partial charge on any atom is 0.238 e. The van der Waals surface area contributed by atoms with Crippen molar-refractivity contribution in [1.82, 2.24) is 4.90 Å². The van der Waals surface area contributed by atoms with Crippen LogP contribution in [0.3, 0.4) is 0 Å². The number of benzene rings is 3. The standard InChI is InChI=1S/C27H27N3O4S/c1-33-22-14-13-19(17-23(22)34-2)15-16-30-25(31)18-24(26(32)28-20-9-5-3-6-10-20)35-27(30)29-21-11-7-4-8-12-21/h3-14,17,24H,15-16,18H2,1-2H3,(H,28,32)/t24-/m0/s1. The van der Waals surface area contributed by atoms with Gasteiger partial charge in [-0.15, -0.1) is 0 Å². The lowest BCUT2D eigenvalue weighted by Gasteiger charge is -2.32. The van der Waals surface area contributed by atoms with Gasteiger partial charge in [0.05, 0.1) is 19.9 Å². The Balaban J connectivity index is 1.53. The molecule has 7 nitrogen and oxygen atoms in total. The first-order chi connectivity index (χ1) is 17.1. The minimum absolute atomic E-state index is 0.100. The predicted octanol–water partition coefficient (Wildman–Crippen LogP) is 4.91. The van der Waals surface area contributed by atoms with Gasteiger partial charge in [-0.2, -0.15) is 0 Å². The van der Waals surface area contributed by atoms with Crippen LogP contribution in [0.2, 0.25) is 0 Å². The number of carbonyl (C=O) groups excluding carboxylic acids is 2. The second-order valence-corrected chi connectivity index (χ2v) is 9.05. The minimum Gasteiger partial charge on any atom is -0.493 e. The van der Waals surface area contributed by atoms with Crippen LogP contribution in [0.15, 0.2) is 83.9 Å². The molecular formula is C27H27N3O4S. The number of thioether (sulfide) groups is 1. The van der Waals surface area contributed by atoms with E-state index in [-0.39, 0.29) is 18.2 Å². The Kier molecular flexibility index (Phi) is 8.05. The molecular weight excluding hydrogens is 462 g/mol. The topological polar surface area (TPSA) is 80.2 Å². The second-order valence-electron chi connectivity index (χ2n) is 7.88. The van der Waals surface area contributed by atoms with Gasteiger partial charge in [-0.1, -0.05) is 54.2 Å². The van der Waals surface area contributed by atoms with Crippen molar-refractivity contribution in [2.45, 2.75) is 18.1 Å². The third kappa shape index (κ3) is 6.22. The largest absolute Gasteiger partial charge is 0.493 e. The van der Waals surface area contributed by atoms with E-state index in [0.717, 1.165) is 11.3 Å². The molecule has 1 aliphatic heterocycles. The molecule has 1 N–H and O–H groups in total. The molecule has 0 aliphatic carbocycles. The Bertz CT molecular complexity index is 1200. The number of anilines is 1. The van der Waals surface area contributed by atoms with Gasteiger partial charge in [0.2, 0.25) is 11.8 Å². The van der Waals surface area contributed by atoms with Gasteiger partial charge in [0, 0.05) is 18.7 Å². The van der Waals surface area contributed by atoms with Crippen LogP contribution in [0, 0.1) is 0 Å². The van der Waals surface area contributed by atoms with Gasteiger partial charge in [-0.05, 0) is 48.4 Å². The molecule has 8 heteroatoms. The molecule has 2 amide bonds. The van der Waals surface area contributed by atoms with E-state index in [1.165, 1.54) is 11.8 Å². The number of methoxy groups -OCH3 is 2. The van der Waals surface area contributed by atoms with Crippen LogP contribution in [-0.4, -0.2) is 47.9 Å². The molecule has 0 unspecified atom stereocenters. The molecule has 3 aromatic rings. The number of amides is 2. The molecule has 0 saturated carbocycles.